The fourth-order valence-electron chi connectivity index (χ4n) is 1.30. The summed E-state index contributed by atoms with van der Waals surface area (Å²) in [6, 6.07) is 8.76. The van der Waals surface area contributed by atoms with Crippen LogP contribution in [-0.2, 0) is 11.3 Å². The molecular formula is C13H10FNO2. The van der Waals surface area contributed by atoms with Crippen LogP contribution in [0, 0.1) is 5.82 Å². The molecule has 3 nitrogen and oxygen atoms in total. The van der Waals surface area contributed by atoms with Gasteiger partial charge >= 0.3 is 5.97 Å². The van der Waals surface area contributed by atoms with Gasteiger partial charge in [-0.05, 0) is 42.0 Å². The molecule has 1 aromatic heterocycles. The van der Waals surface area contributed by atoms with E-state index in [2.05, 4.69) is 4.98 Å². The maximum atomic E-state index is 12.6. The van der Waals surface area contributed by atoms with Crippen molar-refractivity contribution in [3.8, 4) is 0 Å². The molecule has 0 aliphatic rings. The van der Waals surface area contributed by atoms with Crippen LogP contribution in [0.25, 0.3) is 0 Å². The first-order valence-corrected chi connectivity index (χ1v) is 5.07. The molecule has 17 heavy (non-hydrogen) atoms. The van der Waals surface area contributed by atoms with Crippen LogP contribution in [0.1, 0.15) is 15.9 Å². The van der Waals surface area contributed by atoms with Crippen molar-refractivity contribution in [3.05, 3.63) is 65.7 Å². The van der Waals surface area contributed by atoms with Gasteiger partial charge in [0.05, 0.1) is 5.56 Å². The number of aromatic nitrogens is 1. The van der Waals surface area contributed by atoms with Crippen molar-refractivity contribution in [1.82, 2.24) is 4.98 Å². The summed E-state index contributed by atoms with van der Waals surface area (Å²) in [7, 11) is 0. The first-order chi connectivity index (χ1) is 8.25. The number of rotatable bonds is 3. The SMILES string of the molecule is O=C(OCc1ccncc1)c1ccc(F)cc1. The van der Waals surface area contributed by atoms with Gasteiger partial charge in [-0.1, -0.05) is 0 Å². The second-order valence-electron chi connectivity index (χ2n) is 3.44. The number of hydrogen-bond donors (Lipinski definition) is 0. The third-order valence-electron chi connectivity index (χ3n) is 2.20. The van der Waals surface area contributed by atoms with Gasteiger partial charge in [-0.2, -0.15) is 0 Å². The zero-order valence-electron chi connectivity index (χ0n) is 8.97. The van der Waals surface area contributed by atoms with E-state index in [1.807, 2.05) is 0 Å². The Labute approximate surface area is 97.9 Å². The topological polar surface area (TPSA) is 39.2 Å². The predicted octanol–water partition coefficient (Wildman–Crippen LogP) is 2.58. The van der Waals surface area contributed by atoms with Crippen LogP contribution in [0.15, 0.2) is 48.8 Å². The van der Waals surface area contributed by atoms with Crippen molar-refractivity contribution in [2.75, 3.05) is 0 Å². The molecule has 0 aliphatic carbocycles. The summed E-state index contributed by atoms with van der Waals surface area (Å²) in [6.45, 7) is 0.179. The average molecular weight is 231 g/mol. The van der Waals surface area contributed by atoms with Crippen molar-refractivity contribution in [2.45, 2.75) is 6.61 Å². The van der Waals surface area contributed by atoms with E-state index in [1.165, 1.54) is 24.3 Å². The predicted molar refractivity (Wildman–Crippen MR) is 59.8 cm³/mol. The molecule has 0 atom stereocenters. The molecule has 0 saturated heterocycles. The summed E-state index contributed by atoms with van der Waals surface area (Å²) in [5.74, 6) is -0.850. The molecule has 1 aromatic carbocycles. The van der Waals surface area contributed by atoms with Crippen LogP contribution < -0.4 is 0 Å². The molecule has 86 valence electrons. The quantitative estimate of drug-likeness (QED) is 0.762. The normalized spacial score (nSPS) is 9.94. The Morgan fingerprint density at radius 3 is 2.41 bits per heavy atom. The van der Waals surface area contributed by atoms with Gasteiger partial charge in [-0.25, -0.2) is 9.18 Å². The molecule has 2 aromatic rings. The molecule has 1 heterocycles. The molecule has 0 unspecified atom stereocenters. The molecule has 0 amide bonds. The molecule has 2 rings (SSSR count). The highest BCUT2D eigenvalue weighted by Gasteiger charge is 2.06. The minimum atomic E-state index is -0.471. The lowest BCUT2D eigenvalue weighted by Gasteiger charge is -2.04. The summed E-state index contributed by atoms with van der Waals surface area (Å²) in [5, 5.41) is 0. The number of esters is 1. The third-order valence-corrected chi connectivity index (χ3v) is 2.20. The van der Waals surface area contributed by atoms with E-state index in [-0.39, 0.29) is 12.4 Å². The number of hydrogen-bond acceptors (Lipinski definition) is 3. The third kappa shape index (κ3) is 3.11. The van der Waals surface area contributed by atoms with Gasteiger partial charge in [0.15, 0.2) is 0 Å². The van der Waals surface area contributed by atoms with Crippen molar-refractivity contribution >= 4 is 5.97 Å². The van der Waals surface area contributed by atoms with Gasteiger partial charge in [0.2, 0.25) is 0 Å². The molecule has 0 N–H and O–H groups in total. The van der Waals surface area contributed by atoms with E-state index in [9.17, 15) is 9.18 Å². The largest absolute Gasteiger partial charge is 0.457 e. The first-order valence-electron chi connectivity index (χ1n) is 5.07. The zero-order chi connectivity index (χ0) is 12.1. The minimum Gasteiger partial charge on any atom is -0.457 e. The Hall–Kier alpha value is -2.23. The summed E-state index contributed by atoms with van der Waals surface area (Å²) in [5.41, 5.74) is 1.19. The number of nitrogens with zero attached hydrogens (tertiary/aromatic N) is 1. The number of ether oxygens (including phenoxy) is 1. The molecular weight excluding hydrogens is 221 g/mol. The van der Waals surface area contributed by atoms with Gasteiger partial charge in [-0.15, -0.1) is 0 Å². The van der Waals surface area contributed by atoms with E-state index in [4.69, 9.17) is 4.74 Å². The van der Waals surface area contributed by atoms with Crippen LogP contribution in [0.4, 0.5) is 4.39 Å². The number of carbonyl (C=O) groups excluding carboxylic acids is 1. The van der Waals surface area contributed by atoms with Crippen LogP contribution in [0.3, 0.4) is 0 Å². The van der Waals surface area contributed by atoms with Crippen molar-refractivity contribution in [2.24, 2.45) is 0 Å². The molecule has 4 heteroatoms. The molecule has 0 radical (unpaired) electrons. The van der Waals surface area contributed by atoms with Crippen LogP contribution >= 0.6 is 0 Å². The van der Waals surface area contributed by atoms with Gasteiger partial charge in [0.1, 0.15) is 12.4 Å². The van der Waals surface area contributed by atoms with E-state index in [1.54, 1.807) is 24.5 Å². The van der Waals surface area contributed by atoms with Gasteiger partial charge in [0, 0.05) is 12.4 Å². The Morgan fingerprint density at radius 1 is 1.12 bits per heavy atom. The maximum absolute atomic E-state index is 12.6. The maximum Gasteiger partial charge on any atom is 0.338 e. The Morgan fingerprint density at radius 2 is 1.76 bits per heavy atom. The first kappa shape index (κ1) is 11.3. The smallest absolute Gasteiger partial charge is 0.338 e. The van der Waals surface area contributed by atoms with Gasteiger partial charge in [-0.3, -0.25) is 4.98 Å². The van der Waals surface area contributed by atoms with Crippen molar-refractivity contribution < 1.29 is 13.9 Å². The number of halogens is 1. The summed E-state index contributed by atoms with van der Waals surface area (Å²) >= 11 is 0. The highest BCUT2D eigenvalue weighted by molar-refractivity contribution is 5.89. The summed E-state index contributed by atoms with van der Waals surface area (Å²) in [6.07, 6.45) is 3.25. The molecule has 0 saturated carbocycles. The van der Waals surface area contributed by atoms with Gasteiger partial charge < -0.3 is 4.74 Å². The zero-order valence-corrected chi connectivity index (χ0v) is 8.97. The lowest BCUT2D eigenvalue weighted by Crippen LogP contribution is -2.05. The average Bonchev–Trinajstić information content (AvgIpc) is 2.38. The van der Waals surface area contributed by atoms with Crippen molar-refractivity contribution in [3.63, 3.8) is 0 Å². The van der Waals surface area contributed by atoms with Crippen LogP contribution in [0.2, 0.25) is 0 Å². The van der Waals surface area contributed by atoms with Crippen LogP contribution in [0.5, 0.6) is 0 Å². The van der Waals surface area contributed by atoms with E-state index in [0.717, 1.165) is 5.56 Å². The standard InChI is InChI=1S/C13H10FNO2/c14-12-3-1-11(2-4-12)13(16)17-9-10-5-7-15-8-6-10/h1-8H,9H2. The molecule has 0 fully saturated rings. The second kappa shape index (κ2) is 5.21. The van der Waals surface area contributed by atoms with Crippen LogP contribution in [-0.4, -0.2) is 11.0 Å². The summed E-state index contributed by atoms with van der Waals surface area (Å²) in [4.78, 5) is 15.4. The highest BCUT2D eigenvalue weighted by atomic mass is 19.1. The summed E-state index contributed by atoms with van der Waals surface area (Å²) < 4.78 is 17.7. The molecule has 0 bridgehead atoms. The minimum absolute atomic E-state index is 0.179. The van der Waals surface area contributed by atoms with Crippen molar-refractivity contribution in [1.29, 1.82) is 0 Å². The van der Waals surface area contributed by atoms with E-state index < -0.39 is 5.97 Å². The molecule has 0 spiro atoms. The number of benzene rings is 1. The lowest BCUT2D eigenvalue weighted by atomic mass is 10.2. The highest BCUT2D eigenvalue weighted by Crippen LogP contribution is 2.06. The second-order valence-corrected chi connectivity index (χ2v) is 3.44. The monoisotopic (exact) mass is 231 g/mol. The fourth-order valence-corrected chi connectivity index (χ4v) is 1.30. The Balaban J connectivity index is 1.96. The Bertz CT molecular complexity index is 497. The fraction of sp³-hybridized carbons (Fsp3) is 0.0769. The van der Waals surface area contributed by atoms with E-state index >= 15 is 0 Å². The number of carbonyl (C=O) groups is 1. The van der Waals surface area contributed by atoms with Gasteiger partial charge in [0.25, 0.3) is 0 Å². The number of pyridine rings is 1. The Kier molecular flexibility index (Phi) is 3.45. The lowest BCUT2D eigenvalue weighted by molar-refractivity contribution is 0.0472. The molecule has 0 aliphatic heterocycles. The van der Waals surface area contributed by atoms with E-state index in [0.29, 0.717) is 5.56 Å².